The summed E-state index contributed by atoms with van der Waals surface area (Å²) in [7, 11) is 1.53. The first kappa shape index (κ1) is 17.4. The van der Waals surface area contributed by atoms with E-state index in [-0.39, 0.29) is 18.7 Å². The van der Waals surface area contributed by atoms with Gasteiger partial charge < -0.3 is 15.2 Å². The van der Waals surface area contributed by atoms with E-state index in [9.17, 15) is 14.7 Å². The zero-order valence-corrected chi connectivity index (χ0v) is 13.5. The largest absolute Gasteiger partial charge is 0.496 e. The molecule has 1 unspecified atom stereocenters. The SMILES string of the molecule is COc1ccccc1CC(CNC(=O)c1cnc(C)cn1)C(=O)O. The Morgan fingerprint density at radius 1 is 1.25 bits per heavy atom. The summed E-state index contributed by atoms with van der Waals surface area (Å²) in [6, 6.07) is 7.21. The van der Waals surface area contributed by atoms with Crippen molar-refractivity contribution >= 4 is 11.9 Å². The van der Waals surface area contributed by atoms with Crippen molar-refractivity contribution in [2.45, 2.75) is 13.3 Å². The molecule has 1 atom stereocenters. The number of ether oxygens (including phenoxy) is 1. The van der Waals surface area contributed by atoms with Gasteiger partial charge in [-0.3, -0.25) is 14.6 Å². The normalized spacial score (nSPS) is 11.6. The van der Waals surface area contributed by atoms with Crippen molar-refractivity contribution in [1.82, 2.24) is 15.3 Å². The number of benzene rings is 1. The number of nitrogens with one attached hydrogen (secondary N) is 1. The Labute approximate surface area is 139 Å². The van der Waals surface area contributed by atoms with Crippen LogP contribution >= 0.6 is 0 Å². The van der Waals surface area contributed by atoms with Crippen LogP contribution in [0.4, 0.5) is 0 Å². The highest BCUT2D eigenvalue weighted by Gasteiger charge is 2.21. The van der Waals surface area contributed by atoms with Crippen LogP contribution in [0.3, 0.4) is 0 Å². The summed E-state index contributed by atoms with van der Waals surface area (Å²) in [4.78, 5) is 31.5. The monoisotopic (exact) mass is 329 g/mol. The lowest BCUT2D eigenvalue weighted by molar-refractivity contribution is -0.141. The van der Waals surface area contributed by atoms with Gasteiger partial charge in [0.2, 0.25) is 0 Å². The van der Waals surface area contributed by atoms with Gasteiger partial charge in [0.15, 0.2) is 0 Å². The highest BCUT2D eigenvalue weighted by Crippen LogP contribution is 2.21. The van der Waals surface area contributed by atoms with Gasteiger partial charge >= 0.3 is 5.97 Å². The van der Waals surface area contributed by atoms with E-state index < -0.39 is 17.8 Å². The van der Waals surface area contributed by atoms with Gasteiger partial charge in [-0.25, -0.2) is 4.98 Å². The number of aryl methyl sites for hydroxylation is 1. The standard InChI is InChI=1S/C17H19N3O4/c1-11-8-19-14(10-18-11)16(21)20-9-13(17(22)23)7-12-5-3-4-6-15(12)24-2/h3-6,8,10,13H,7,9H2,1-2H3,(H,20,21)(H,22,23). The minimum absolute atomic E-state index is 0.0121. The van der Waals surface area contributed by atoms with Gasteiger partial charge in [-0.1, -0.05) is 18.2 Å². The maximum Gasteiger partial charge on any atom is 0.308 e. The third-order valence-corrected chi connectivity index (χ3v) is 3.53. The van der Waals surface area contributed by atoms with Gasteiger partial charge in [-0.05, 0) is 25.0 Å². The summed E-state index contributed by atoms with van der Waals surface area (Å²) in [6.45, 7) is 1.75. The van der Waals surface area contributed by atoms with Crippen LogP contribution in [0, 0.1) is 12.8 Å². The molecule has 0 fully saturated rings. The molecule has 1 amide bonds. The van der Waals surface area contributed by atoms with Crippen LogP contribution in [0.25, 0.3) is 0 Å². The van der Waals surface area contributed by atoms with E-state index in [1.807, 2.05) is 18.2 Å². The molecular formula is C17H19N3O4. The number of para-hydroxylation sites is 1. The number of carboxylic acids is 1. The quantitative estimate of drug-likeness (QED) is 0.797. The maximum absolute atomic E-state index is 12.0. The number of rotatable bonds is 7. The molecule has 1 aromatic carbocycles. The van der Waals surface area contributed by atoms with Gasteiger partial charge in [0.1, 0.15) is 11.4 Å². The predicted molar refractivity (Wildman–Crippen MR) is 86.9 cm³/mol. The Balaban J connectivity index is 2.02. The smallest absolute Gasteiger partial charge is 0.308 e. The molecule has 0 aliphatic carbocycles. The molecule has 7 heteroatoms. The third-order valence-electron chi connectivity index (χ3n) is 3.53. The number of methoxy groups -OCH3 is 1. The van der Waals surface area contributed by atoms with Crippen molar-refractivity contribution < 1.29 is 19.4 Å². The second kappa shape index (κ2) is 8.05. The number of carboxylic acid groups (broad SMARTS) is 1. The fourth-order valence-electron chi connectivity index (χ4n) is 2.20. The van der Waals surface area contributed by atoms with Crippen LogP contribution in [0.5, 0.6) is 5.75 Å². The number of aromatic nitrogens is 2. The molecule has 2 rings (SSSR count). The van der Waals surface area contributed by atoms with Crippen molar-refractivity contribution in [2.24, 2.45) is 5.92 Å². The van der Waals surface area contributed by atoms with Gasteiger partial charge in [0, 0.05) is 12.7 Å². The Bertz CT molecular complexity index is 716. The van der Waals surface area contributed by atoms with Crippen molar-refractivity contribution in [2.75, 3.05) is 13.7 Å². The summed E-state index contributed by atoms with van der Waals surface area (Å²) < 4.78 is 5.23. The second-order valence-electron chi connectivity index (χ2n) is 5.30. The first-order valence-electron chi connectivity index (χ1n) is 7.42. The molecule has 0 bridgehead atoms. The van der Waals surface area contributed by atoms with Crippen molar-refractivity contribution in [3.05, 3.63) is 53.6 Å². The fraction of sp³-hybridized carbons (Fsp3) is 0.294. The molecule has 0 aliphatic rings. The molecule has 1 heterocycles. The number of carbonyl (C=O) groups excluding carboxylic acids is 1. The van der Waals surface area contributed by atoms with E-state index in [4.69, 9.17) is 4.74 Å². The van der Waals surface area contributed by atoms with Crippen LogP contribution in [0.2, 0.25) is 0 Å². The lowest BCUT2D eigenvalue weighted by Crippen LogP contribution is -2.34. The molecule has 24 heavy (non-hydrogen) atoms. The minimum atomic E-state index is -0.990. The molecule has 0 spiro atoms. The first-order chi connectivity index (χ1) is 11.5. The molecule has 0 saturated heterocycles. The van der Waals surface area contributed by atoms with Crippen molar-refractivity contribution in [1.29, 1.82) is 0 Å². The van der Waals surface area contributed by atoms with Gasteiger partial charge in [0.25, 0.3) is 5.91 Å². The lowest BCUT2D eigenvalue weighted by Gasteiger charge is -2.15. The average molecular weight is 329 g/mol. The highest BCUT2D eigenvalue weighted by molar-refractivity contribution is 5.92. The van der Waals surface area contributed by atoms with Gasteiger partial charge in [-0.2, -0.15) is 0 Å². The van der Waals surface area contributed by atoms with Crippen LogP contribution in [0.1, 0.15) is 21.7 Å². The summed E-state index contributed by atoms with van der Waals surface area (Å²) in [5.74, 6) is -1.59. The number of hydrogen-bond donors (Lipinski definition) is 2. The summed E-state index contributed by atoms with van der Waals surface area (Å²) in [6.07, 6.45) is 3.10. The topological polar surface area (TPSA) is 101 Å². The van der Waals surface area contributed by atoms with E-state index in [0.717, 1.165) is 5.56 Å². The zero-order chi connectivity index (χ0) is 17.5. The molecule has 7 nitrogen and oxygen atoms in total. The third kappa shape index (κ3) is 4.52. The number of amides is 1. The van der Waals surface area contributed by atoms with Crippen LogP contribution in [0.15, 0.2) is 36.7 Å². The molecule has 2 aromatic rings. The molecule has 2 N–H and O–H groups in total. The number of hydrogen-bond acceptors (Lipinski definition) is 5. The number of aliphatic carboxylic acids is 1. The molecule has 126 valence electrons. The minimum Gasteiger partial charge on any atom is -0.496 e. The molecule has 0 saturated carbocycles. The zero-order valence-electron chi connectivity index (χ0n) is 13.5. The Hall–Kier alpha value is -2.96. The second-order valence-corrected chi connectivity index (χ2v) is 5.30. The summed E-state index contributed by atoms with van der Waals surface area (Å²) in [5.41, 5.74) is 1.63. The molecular weight excluding hydrogens is 310 g/mol. The molecule has 1 aromatic heterocycles. The Morgan fingerprint density at radius 2 is 2.00 bits per heavy atom. The fourth-order valence-corrected chi connectivity index (χ4v) is 2.20. The highest BCUT2D eigenvalue weighted by atomic mass is 16.5. The van der Waals surface area contributed by atoms with Gasteiger partial charge in [-0.15, -0.1) is 0 Å². The predicted octanol–water partition coefficient (Wildman–Crippen LogP) is 1.47. The average Bonchev–Trinajstić information content (AvgIpc) is 2.59. The lowest BCUT2D eigenvalue weighted by atomic mass is 9.98. The van der Waals surface area contributed by atoms with Crippen molar-refractivity contribution in [3.8, 4) is 5.75 Å². The van der Waals surface area contributed by atoms with E-state index in [1.54, 1.807) is 13.0 Å². The van der Waals surface area contributed by atoms with Crippen LogP contribution in [-0.2, 0) is 11.2 Å². The van der Waals surface area contributed by atoms with E-state index in [0.29, 0.717) is 11.4 Å². The summed E-state index contributed by atoms with van der Waals surface area (Å²) >= 11 is 0. The van der Waals surface area contributed by atoms with Crippen molar-refractivity contribution in [3.63, 3.8) is 0 Å². The Morgan fingerprint density at radius 3 is 2.62 bits per heavy atom. The Kier molecular flexibility index (Phi) is 5.83. The number of carbonyl (C=O) groups is 2. The van der Waals surface area contributed by atoms with E-state index in [1.165, 1.54) is 19.5 Å². The van der Waals surface area contributed by atoms with Crippen LogP contribution < -0.4 is 10.1 Å². The first-order valence-corrected chi connectivity index (χ1v) is 7.42. The van der Waals surface area contributed by atoms with E-state index >= 15 is 0 Å². The van der Waals surface area contributed by atoms with Crippen LogP contribution in [-0.4, -0.2) is 40.6 Å². The molecule has 0 radical (unpaired) electrons. The molecule has 0 aliphatic heterocycles. The maximum atomic E-state index is 12.0. The van der Waals surface area contributed by atoms with E-state index in [2.05, 4.69) is 15.3 Å². The summed E-state index contributed by atoms with van der Waals surface area (Å²) in [5, 5.41) is 12.0. The number of nitrogens with zero attached hydrogens (tertiary/aromatic N) is 2. The van der Waals surface area contributed by atoms with Gasteiger partial charge in [0.05, 0.1) is 24.9 Å².